The normalized spacial score (nSPS) is 15.4. The summed E-state index contributed by atoms with van der Waals surface area (Å²) in [5, 5.41) is 2.53. The minimum absolute atomic E-state index is 0.299. The van der Waals surface area contributed by atoms with Crippen LogP contribution in [0.25, 0.3) is 0 Å². The highest BCUT2D eigenvalue weighted by atomic mass is 35.5. The molecule has 0 saturated carbocycles. The monoisotopic (exact) mass is 314 g/mol. The van der Waals surface area contributed by atoms with E-state index in [1.54, 1.807) is 25.3 Å². The quantitative estimate of drug-likeness (QED) is 0.866. The Labute approximate surface area is 126 Å². The SMILES string of the molecule is COc1ccc(C(Cl)C(=O)NC2=NCCS2)cc1OC. The number of halogens is 1. The number of amides is 1. The van der Waals surface area contributed by atoms with Gasteiger partial charge in [0.1, 0.15) is 5.38 Å². The van der Waals surface area contributed by atoms with Crippen molar-refractivity contribution < 1.29 is 14.3 Å². The molecule has 0 radical (unpaired) electrons. The Kier molecular flexibility index (Phi) is 5.14. The van der Waals surface area contributed by atoms with Gasteiger partial charge < -0.3 is 14.8 Å². The van der Waals surface area contributed by atoms with E-state index >= 15 is 0 Å². The Morgan fingerprint density at radius 1 is 1.40 bits per heavy atom. The fraction of sp³-hybridized carbons (Fsp3) is 0.385. The van der Waals surface area contributed by atoms with Crippen LogP contribution in [0.5, 0.6) is 11.5 Å². The second kappa shape index (κ2) is 6.85. The first-order valence-electron chi connectivity index (χ1n) is 6.00. The van der Waals surface area contributed by atoms with E-state index in [1.807, 2.05) is 0 Å². The average molecular weight is 315 g/mol. The zero-order chi connectivity index (χ0) is 14.5. The first-order chi connectivity index (χ1) is 9.65. The minimum atomic E-state index is -0.807. The molecule has 5 nitrogen and oxygen atoms in total. The molecule has 0 aromatic heterocycles. The van der Waals surface area contributed by atoms with Crippen LogP contribution in [0, 0.1) is 0 Å². The lowest BCUT2D eigenvalue weighted by molar-refractivity contribution is -0.119. The Morgan fingerprint density at radius 3 is 2.75 bits per heavy atom. The number of hydrogen-bond donors (Lipinski definition) is 1. The van der Waals surface area contributed by atoms with Crippen molar-refractivity contribution in [3.8, 4) is 11.5 Å². The first kappa shape index (κ1) is 15.0. The van der Waals surface area contributed by atoms with Crippen molar-refractivity contribution in [1.29, 1.82) is 0 Å². The molecule has 1 aromatic carbocycles. The van der Waals surface area contributed by atoms with E-state index in [4.69, 9.17) is 21.1 Å². The molecule has 108 valence electrons. The third kappa shape index (κ3) is 3.37. The van der Waals surface area contributed by atoms with Gasteiger partial charge in [-0.05, 0) is 17.7 Å². The van der Waals surface area contributed by atoms with Crippen LogP contribution in [0.15, 0.2) is 23.2 Å². The van der Waals surface area contributed by atoms with Gasteiger partial charge in [-0.2, -0.15) is 0 Å². The molecular formula is C13H15ClN2O3S. The van der Waals surface area contributed by atoms with E-state index < -0.39 is 5.38 Å². The smallest absolute Gasteiger partial charge is 0.248 e. The molecule has 0 aliphatic carbocycles. The van der Waals surface area contributed by atoms with Crippen molar-refractivity contribution in [3.05, 3.63) is 23.8 Å². The molecule has 1 atom stereocenters. The zero-order valence-corrected chi connectivity index (χ0v) is 12.8. The molecular weight excluding hydrogens is 300 g/mol. The number of carbonyl (C=O) groups excluding carboxylic acids is 1. The van der Waals surface area contributed by atoms with Crippen LogP contribution < -0.4 is 14.8 Å². The number of carbonyl (C=O) groups is 1. The fourth-order valence-corrected chi connectivity index (χ4v) is 2.66. The van der Waals surface area contributed by atoms with Gasteiger partial charge in [0.25, 0.3) is 0 Å². The van der Waals surface area contributed by atoms with Crippen LogP contribution in [-0.2, 0) is 4.79 Å². The summed E-state index contributed by atoms with van der Waals surface area (Å²) in [5.74, 6) is 1.72. The number of methoxy groups -OCH3 is 2. The predicted molar refractivity (Wildman–Crippen MR) is 81.0 cm³/mol. The number of amidine groups is 1. The van der Waals surface area contributed by atoms with Crippen LogP contribution in [0.1, 0.15) is 10.9 Å². The van der Waals surface area contributed by atoms with Crippen molar-refractivity contribution in [3.63, 3.8) is 0 Å². The summed E-state index contributed by atoms with van der Waals surface area (Å²) in [6.07, 6.45) is 0. The Morgan fingerprint density at radius 2 is 2.15 bits per heavy atom. The van der Waals surface area contributed by atoms with Gasteiger partial charge in [-0.1, -0.05) is 17.8 Å². The van der Waals surface area contributed by atoms with Crippen LogP contribution in [-0.4, -0.2) is 37.6 Å². The molecule has 1 aliphatic rings. The molecule has 0 spiro atoms. The number of nitrogens with one attached hydrogen (secondary N) is 1. The number of ether oxygens (including phenoxy) is 2. The van der Waals surface area contributed by atoms with Gasteiger partial charge in [-0.25, -0.2) is 0 Å². The fourth-order valence-electron chi connectivity index (χ4n) is 1.74. The highest BCUT2D eigenvalue weighted by Gasteiger charge is 2.21. The average Bonchev–Trinajstić information content (AvgIpc) is 2.98. The van der Waals surface area contributed by atoms with Gasteiger partial charge >= 0.3 is 0 Å². The molecule has 1 heterocycles. The molecule has 20 heavy (non-hydrogen) atoms. The number of benzene rings is 1. The maximum Gasteiger partial charge on any atom is 0.248 e. The maximum absolute atomic E-state index is 12.0. The number of thioether (sulfide) groups is 1. The lowest BCUT2D eigenvalue weighted by Gasteiger charge is -2.13. The number of hydrogen-bond acceptors (Lipinski definition) is 5. The third-order valence-corrected chi connectivity index (χ3v) is 4.09. The Balaban J connectivity index is 2.11. The number of aliphatic imine (C=N–C) groups is 1. The molecule has 1 amide bonds. The molecule has 0 saturated heterocycles. The zero-order valence-electron chi connectivity index (χ0n) is 11.2. The summed E-state index contributed by atoms with van der Waals surface area (Å²) >= 11 is 7.70. The van der Waals surface area contributed by atoms with Crippen LogP contribution in [0.2, 0.25) is 0 Å². The summed E-state index contributed by atoms with van der Waals surface area (Å²) in [4.78, 5) is 16.2. The van der Waals surface area contributed by atoms with E-state index in [0.29, 0.717) is 22.2 Å². The van der Waals surface area contributed by atoms with Crippen molar-refractivity contribution >= 4 is 34.4 Å². The molecule has 0 fully saturated rings. The summed E-state index contributed by atoms with van der Waals surface area (Å²) in [5.41, 5.74) is 0.644. The molecule has 1 unspecified atom stereocenters. The molecule has 7 heteroatoms. The van der Waals surface area contributed by atoms with E-state index in [-0.39, 0.29) is 5.91 Å². The van der Waals surface area contributed by atoms with Crippen molar-refractivity contribution in [2.75, 3.05) is 26.5 Å². The topological polar surface area (TPSA) is 59.9 Å². The number of rotatable bonds is 4. The molecule has 1 aromatic rings. The van der Waals surface area contributed by atoms with Gasteiger partial charge in [0.05, 0.1) is 20.8 Å². The largest absolute Gasteiger partial charge is 0.493 e. The minimum Gasteiger partial charge on any atom is -0.493 e. The highest BCUT2D eigenvalue weighted by molar-refractivity contribution is 8.14. The summed E-state index contributed by atoms with van der Waals surface area (Å²) in [6, 6.07) is 5.15. The second-order valence-electron chi connectivity index (χ2n) is 4.00. The summed E-state index contributed by atoms with van der Waals surface area (Å²) in [7, 11) is 3.09. The summed E-state index contributed by atoms with van der Waals surface area (Å²) < 4.78 is 10.3. The summed E-state index contributed by atoms with van der Waals surface area (Å²) in [6.45, 7) is 0.726. The molecule has 1 N–H and O–H groups in total. The van der Waals surface area contributed by atoms with Gasteiger partial charge in [0.2, 0.25) is 5.91 Å². The van der Waals surface area contributed by atoms with E-state index in [1.165, 1.54) is 18.9 Å². The standard InChI is InChI=1S/C13H15ClN2O3S/c1-18-9-4-3-8(7-10(9)19-2)11(14)12(17)16-13-15-5-6-20-13/h3-4,7,11H,5-6H2,1-2H3,(H,15,16,17). The molecule has 1 aliphatic heterocycles. The Hall–Kier alpha value is -1.40. The highest BCUT2D eigenvalue weighted by Crippen LogP contribution is 2.32. The third-order valence-electron chi connectivity index (χ3n) is 2.75. The lowest BCUT2D eigenvalue weighted by Crippen LogP contribution is -2.30. The molecule has 0 bridgehead atoms. The van der Waals surface area contributed by atoms with Crippen LogP contribution in [0.4, 0.5) is 0 Å². The van der Waals surface area contributed by atoms with Gasteiger partial charge in [-0.15, -0.1) is 11.6 Å². The lowest BCUT2D eigenvalue weighted by atomic mass is 10.1. The van der Waals surface area contributed by atoms with Crippen LogP contribution >= 0.6 is 23.4 Å². The predicted octanol–water partition coefficient (Wildman–Crippen LogP) is 2.20. The van der Waals surface area contributed by atoms with Gasteiger partial charge in [0.15, 0.2) is 16.7 Å². The van der Waals surface area contributed by atoms with E-state index in [9.17, 15) is 4.79 Å². The number of alkyl halides is 1. The van der Waals surface area contributed by atoms with Crippen LogP contribution in [0.3, 0.4) is 0 Å². The van der Waals surface area contributed by atoms with E-state index in [0.717, 1.165) is 12.3 Å². The second-order valence-corrected chi connectivity index (χ2v) is 5.52. The van der Waals surface area contributed by atoms with Crippen molar-refractivity contribution in [2.45, 2.75) is 5.38 Å². The Bertz CT molecular complexity index is 536. The molecule has 2 rings (SSSR count). The van der Waals surface area contributed by atoms with E-state index in [2.05, 4.69) is 10.3 Å². The van der Waals surface area contributed by atoms with Gasteiger partial charge in [0, 0.05) is 5.75 Å². The number of nitrogens with zero attached hydrogens (tertiary/aromatic N) is 1. The first-order valence-corrected chi connectivity index (χ1v) is 7.42. The van der Waals surface area contributed by atoms with Crippen molar-refractivity contribution in [1.82, 2.24) is 5.32 Å². The maximum atomic E-state index is 12.0. The van der Waals surface area contributed by atoms with Crippen molar-refractivity contribution in [2.24, 2.45) is 4.99 Å². The van der Waals surface area contributed by atoms with Gasteiger partial charge in [-0.3, -0.25) is 9.79 Å².